The first-order chi connectivity index (χ1) is 20.2. The third kappa shape index (κ3) is 4.44. The normalized spacial score (nSPS) is 12.1. The molecule has 0 aliphatic rings. The smallest absolute Gasteiger partial charge is 0.0541 e. The van der Waals surface area contributed by atoms with Gasteiger partial charge in [0.2, 0.25) is 0 Å². The lowest BCUT2D eigenvalue weighted by Gasteiger charge is -2.16. The predicted molar refractivity (Wildman–Crippen MR) is 176 cm³/mol. The van der Waals surface area contributed by atoms with Crippen molar-refractivity contribution < 1.29 is 0 Å². The molecule has 0 fully saturated rings. The molecule has 7 aromatic rings. The second-order valence-electron chi connectivity index (χ2n) is 10.9. The molecular weight excluding hydrogens is 494 g/mol. The summed E-state index contributed by atoms with van der Waals surface area (Å²) in [5, 5.41) is 2.57. The van der Waals surface area contributed by atoms with Crippen LogP contribution in [0.15, 0.2) is 146 Å². The molecular formula is C40H33N. The van der Waals surface area contributed by atoms with Crippen LogP contribution in [-0.4, -0.2) is 4.57 Å². The fourth-order valence-corrected chi connectivity index (χ4v) is 6.16. The summed E-state index contributed by atoms with van der Waals surface area (Å²) >= 11 is 0. The minimum absolute atomic E-state index is 0.575. The summed E-state index contributed by atoms with van der Waals surface area (Å²) in [7, 11) is 0. The van der Waals surface area contributed by atoms with E-state index in [4.69, 9.17) is 0 Å². The van der Waals surface area contributed by atoms with Crippen molar-refractivity contribution in [2.45, 2.75) is 26.2 Å². The van der Waals surface area contributed by atoms with E-state index in [2.05, 4.69) is 164 Å². The minimum atomic E-state index is 0.575. The van der Waals surface area contributed by atoms with Gasteiger partial charge in [0.1, 0.15) is 0 Å². The minimum Gasteiger partial charge on any atom is -0.309 e. The molecule has 1 heteroatoms. The lowest BCUT2D eigenvalue weighted by molar-refractivity contribution is 0.734. The number of benzene rings is 6. The van der Waals surface area contributed by atoms with E-state index in [0.717, 1.165) is 6.42 Å². The second kappa shape index (κ2) is 10.6. The first-order valence-electron chi connectivity index (χ1n) is 14.6. The number of fused-ring (bicyclic) bond motifs is 3. The van der Waals surface area contributed by atoms with E-state index >= 15 is 0 Å². The molecule has 7 rings (SSSR count). The Labute approximate surface area is 242 Å². The van der Waals surface area contributed by atoms with Crippen LogP contribution in [0.1, 0.15) is 31.7 Å². The average Bonchev–Trinajstić information content (AvgIpc) is 3.39. The van der Waals surface area contributed by atoms with Gasteiger partial charge in [0.05, 0.1) is 11.0 Å². The number of nitrogens with zero attached hydrogens (tertiary/aromatic N) is 1. The van der Waals surface area contributed by atoms with Gasteiger partial charge < -0.3 is 4.57 Å². The highest BCUT2D eigenvalue weighted by Gasteiger charge is 2.14. The quantitative estimate of drug-likeness (QED) is 0.203. The lowest BCUT2D eigenvalue weighted by Crippen LogP contribution is -1.94. The van der Waals surface area contributed by atoms with Gasteiger partial charge in [0, 0.05) is 16.5 Å². The number of para-hydroxylation sites is 2. The van der Waals surface area contributed by atoms with Crippen molar-refractivity contribution in [3.8, 4) is 39.1 Å². The van der Waals surface area contributed by atoms with Gasteiger partial charge in [-0.25, -0.2) is 0 Å². The number of rotatable bonds is 6. The maximum absolute atomic E-state index is 2.37. The van der Waals surface area contributed by atoms with Crippen molar-refractivity contribution in [2.24, 2.45) is 0 Å². The molecule has 1 unspecified atom stereocenters. The zero-order valence-electron chi connectivity index (χ0n) is 23.6. The van der Waals surface area contributed by atoms with Gasteiger partial charge in [-0.15, -0.1) is 0 Å². The third-order valence-electron chi connectivity index (χ3n) is 8.56. The zero-order chi connectivity index (χ0) is 27.8. The summed E-state index contributed by atoms with van der Waals surface area (Å²) in [5.41, 5.74) is 12.5. The first-order valence-corrected chi connectivity index (χ1v) is 14.6. The van der Waals surface area contributed by atoms with Crippen LogP contribution in [0.5, 0.6) is 0 Å². The Morgan fingerprint density at radius 1 is 0.463 bits per heavy atom. The summed E-state index contributed by atoms with van der Waals surface area (Å²) in [6.45, 7) is 4.55. The fraction of sp³-hybridized carbons (Fsp3) is 0.100. The van der Waals surface area contributed by atoms with Crippen LogP contribution in [0, 0.1) is 0 Å². The molecule has 1 aromatic heterocycles. The molecule has 0 radical (unpaired) electrons. The van der Waals surface area contributed by atoms with Crippen molar-refractivity contribution in [3.63, 3.8) is 0 Å². The molecule has 41 heavy (non-hydrogen) atoms. The second-order valence-corrected chi connectivity index (χ2v) is 10.9. The molecule has 1 heterocycles. The molecule has 0 aliphatic heterocycles. The molecule has 0 bridgehead atoms. The number of hydrogen-bond acceptors (Lipinski definition) is 0. The van der Waals surface area contributed by atoms with Crippen LogP contribution < -0.4 is 0 Å². The summed E-state index contributed by atoms with van der Waals surface area (Å²) < 4.78 is 2.37. The fourth-order valence-electron chi connectivity index (χ4n) is 6.16. The molecule has 0 N–H and O–H groups in total. The van der Waals surface area contributed by atoms with Crippen molar-refractivity contribution in [3.05, 3.63) is 151 Å². The van der Waals surface area contributed by atoms with E-state index < -0.39 is 0 Å². The average molecular weight is 528 g/mol. The third-order valence-corrected chi connectivity index (χ3v) is 8.56. The first kappa shape index (κ1) is 25.1. The highest BCUT2D eigenvalue weighted by Crippen LogP contribution is 2.39. The van der Waals surface area contributed by atoms with E-state index in [1.54, 1.807) is 0 Å². The van der Waals surface area contributed by atoms with Gasteiger partial charge in [0.25, 0.3) is 0 Å². The topological polar surface area (TPSA) is 4.93 Å². The van der Waals surface area contributed by atoms with E-state index in [-0.39, 0.29) is 0 Å². The van der Waals surface area contributed by atoms with E-state index in [0.29, 0.717) is 5.92 Å². The summed E-state index contributed by atoms with van der Waals surface area (Å²) in [5.74, 6) is 0.575. The predicted octanol–water partition coefficient (Wildman–Crippen LogP) is 11.3. The lowest BCUT2D eigenvalue weighted by atomic mass is 9.88. The van der Waals surface area contributed by atoms with Gasteiger partial charge in [-0.1, -0.05) is 135 Å². The monoisotopic (exact) mass is 527 g/mol. The summed E-state index contributed by atoms with van der Waals surface area (Å²) in [6, 6.07) is 53.1. The molecule has 1 nitrogen and oxygen atoms in total. The number of aromatic nitrogens is 1. The maximum Gasteiger partial charge on any atom is 0.0541 e. The van der Waals surface area contributed by atoms with Crippen LogP contribution in [0.25, 0.3) is 60.9 Å². The molecule has 1 atom stereocenters. The van der Waals surface area contributed by atoms with Gasteiger partial charge in [0.15, 0.2) is 0 Å². The summed E-state index contributed by atoms with van der Waals surface area (Å²) in [4.78, 5) is 0. The van der Waals surface area contributed by atoms with Crippen LogP contribution in [0.2, 0.25) is 0 Å². The molecule has 0 spiro atoms. The Morgan fingerprint density at radius 3 is 1.37 bits per heavy atom. The largest absolute Gasteiger partial charge is 0.309 e. The molecule has 198 valence electrons. The number of hydrogen-bond donors (Lipinski definition) is 0. The van der Waals surface area contributed by atoms with Crippen molar-refractivity contribution in [2.75, 3.05) is 0 Å². The SMILES string of the molecule is CCC(C)c1ccc(-c2ccccc2-c2ccccc2-c2ccc(-n3c4ccccc4c4ccccc43)cc2)cc1. The van der Waals surface area contributed by atoms with E-state index in [1.165, 1.54) is 66.4 Å². The Bertz CT molecular complexity index is 1920. The molecule has 0 saturated carbocycles. The standard InChI is InChI=1S/C40H33N/c1-3-28(2)29-20-22-30(23-21-29)33-12-4-6-14-35(33)36-15-7-5-13-34(36)31-24-26-32(27-25-31)41-39-18-10-8-16-37(39)38-17-9-11-19-40(38)41/h4-28H,3H2,1-2H3. The molecule has 6 aromatic carbocycles. The Kier molecular flexibility index (Phi) is 6.49. The van der Waals surface area contributed by atoms with Crippen LogP contribution in [0.3, 0.4) is 0 Å². The van der Waals surface area contributed by atoms with Gasteiger partial charge >= 0.3 is 0 Å². The van der Waals surface area contributed by atoms with Crippen LogP contribution in [-0.2, 0) is 0 Å². The van der Waals surface area contributed by atoms with E-state index in [9.17, 15) is 0 Å². The molecule has 0 amide bonds. The Morgan fingerprint density at radius 2 is 0.878 bits per heavy atom. The highest BCUT2D eigenvalue weighted by molar-refractivity contribution is 6.09. The molecule has 0 aliphatic carbocycles. The van der Waals surface area contributed by atoms with Crippen LogP contribution in [0.4, 0.5) is 0 Å². The van der Waals surface area contributed by atoms with E-state index in [1.807, 2.05) is 0 Å². The van der Waals surface area contributed by atoms with Crippen molar-refractivity contribution in [1.29, 1.82) is 0 Å². The van der Waals surface area contributed by atoms with Crippen molar-refractivity contribution in [1.82, 2.24) is 4.57 Å². The molecule has 0 saturated heterocycles. The Balaban J connectivity index is 1.31. The van der Waals surface area contributed by atoms with Crippen molar-refractivity contribution >= 4 is 21.8 Å². The maximum atomic E-state index is 2.37. The van der Waals surface area contributed by atoms with Gasteiger partial charge in [-0.3, -0.25) is 0 Å². The van der Waals surface area contributed by atoms with Gasteiger partial charge in [-0.05, 0) is 75.5 Å². The zero-order valence-corrected chi connectivity index (χ0v) is 23.6. The van der Waals surface area contributed by atoms with Crippen LogP contribution >= 0.6 is 0 Å². The Hall–Kier alpha value is -4.88. The summed E-state index contributed by atoms with van der Waals surface area (Å²) in [6.07, 6.45) is 1.15. The van der Waals surface area contributed by atoms with Gasteiger partial charge in [-0.2, -0.15) is 0 Å². The highest BCUT2D eigenvalue weighted by atomic mass is 15.0.